The summed E-state index contributed by atoms with van der Waals surface area (Å²) in [6, 6.07) is 52.3. The molecule has 0 unspecified atom stereocenters. The van der Waals surface area contributed by atoms with E-state index in [2.05, 4.69) is 285 Å². The average molecular weight is 1090 g/mol. The van der Waals surface area contributed by atoms with Gasteiger partial charge in [-0.15, -0.1) is 0 Å². The summed E-state index contributed by atoms with van der Waals surface area (Å²) in [5.41, 5.74) is 16.6. The Hall–Kier alpha value is -4.69. The van der Waals surface area contributed by atoms with Crippen molar-refractivity contribution in [2.75, 3.05) is 9.80 Å². The minimum Gasteiger partial charge on any atom is -0.309 e. The molecule has 0 aromatic heterocycles. The number of benzene rings is 7. The van der Waals surface area contributed by atoms with Crippen LogP contribution in [0.2, 0.25) is 30.2 Å². The second-order valence-corrected chi connectivity index (χ2v) is 39.4. The van der Waals surface area contributed by atoms with E-state index in [9.17, 15) is 0 Å². The van der Waals surface area contributed by atoms with E-state index < -0.39 is 27.1 Å². The zero-order valence-electron chi connectivity index (χ0n) is 53.7. The maximum atomic E-state index is 2.79. The lowest BCUT2D eigenvalue weighted by Crippen LogP contribution is -2.37. The molecule has 0 N–H and O–H groups in total. The second-order valence-electron chi connectivity index (χ2n) is 29.7. The summed E-state index contributed by atoms with van der Waals surface area (Å²) in [6.45, 7) is 57.6. The molecule has 7 rings (SSSR count). The van der Waals surface area contributed by atoms with Gasteiger partial charge in [0, 0.05) is 44.3 Å². The quantitative estimate of drug-likeness (QED) is 0.0608. The maximum absolute atomic E-state index is 2.79. The molecule has 7 aromatic carbocycles. The van der Waals surface area contributed by atoms with Gasteiger partial charge in [0.15, 0.2) is 0 Å². The number of fused-ring (bicyclic) bond motifs is 2. The third kappa shape index (κ3) is 13.1. The minimum atomic E-state index is -1.28. The highest BCUT2D eigenvalue weighted by molar-refractivity contribution is 6.76. The van der Waals surface area contributed by atoms with Gasteiger partial charge in [-0.25, -0.2) is 0 Å². The largest absolute Gasteiger partial charge is 0.309 e. The Bertz CT molecular complexity index is 3180. The molecular weight excluding hydrogens is 989 g/mol. The summed E-state index contributed by atoms with van der Waals surface area (Å²) in [4.78, 5) is 5.52. The molecule has 0 aliphatic heterocycles. The first-order valence-electron chi connectivity index (χ1n) is 30.3. The van der Waals surface area contributed by atoms with Crippen LogP contribution in [0, 0.1) is 6.92 Å². The van der Waals surface area contributed by atoms with Crippen molar-refractivity contribution in [2.45, 2.75) is 229 Å². The van der Waals surface area contributed by atoms with Gasteiger partial charge in [-0.2, -0.15) is 0 Å². The van der Waals surface area contributed by atoms with Crippen LogP contribution in [0.25, 0.3) is 21.5 Å². The molecule has 0 bridgehead atoms. The number of nitrogens with zero attached hydrogens (tertiary/aromatic N) is 2. The fraction of sp³-hybridized carbons (Fsp3) is 0.479. The molecule has 5 heteroatoms. The first-order valence-corrected chi connectivity index (χ1v) is 36.5. The lowest BCUT2D eigenvalue weighted by atomic mass is 9.79. The van der Waals surface area contributed by atoms with Crippen LogP contribution in [-0.4, -0.2) is 27.1 Å². The Morgan fingerprint density at radius 1 is 0.333 bits per heavy atom. The van der Waals surface area contributed by atoms with Crippen LogP contribution < -0.4 is 25.4 Å². The average Bonchev–Trinajstić information content (AvgIpc) is 3.33. The van der Waals surface area contributed by atoms with Crippen LogP contribution in [0.15, 0.2) is 109 Å². The molecule has 0 spiro atoms. The molecule has 0 heterocycles. The van der Waals surface area contributed by atoms with E-state index in [1.165, 1.54) is 130 Å². The first kappa shape index (κ1) is 60.9. The third-order valence-electron chi connectivity index (χ3n) is 17.1. The van der Waals surface area contributed by atoms with E-state index in [4.69, 9.17) is 0 Å². The SMILES string of the molecule is CC[SiH2]c1cc(C)cc(N(c2cc(C(C)(C)C)cc(C(C)(C)C)c2)c2c3ccc(C(C)(C)C)cc3c(N(c3cc([SiH](CC)CC)cc([SiH](CC)CC)c3)c3cc(C(C)(C)C)cc(C(C)(C)C)c3)c3ccc(C(C)(C)C)cc23)c1. The predicted molar refractivity (Wildman–Crippen MR) is 362 cm³/mol. The van der Waals surface area contributed by atoms with Crippen molar-refractivity contribution in [3.05, 3.63) is 148 Å². The Morgan fingerprint density at radius 3 is 0.962 bits per heavy atom. The summed E-state index contributed by atoms with van der Waals surface area (Å²) >= 11 is 0. The standard InChI is InChI=1S/C73H104N2Si3/c1-25-76-59-35-48(6)34-55(44-59)74(56-38-51(70(13,14)15)36-52(39-56)71(16,17)18)66-62-32-30-50(69(10,11)12)43-65(62)67(63-33-31-49(42-64(63)66)68(7,8)9)75(57-40-53(72(19,20)21)37-54(41-57)73(22,23)24)58-45-60(77(26-2)27-3)47-61(46-58)78(28-4)29-5/h30-47,77-78H,25-29,76H2,1-24H3. The number of anilines is 6. The predicted octanol–water partition coefficient (Wildman–Crippen LogP) is 19.2. The van der Waals surface area contributed by atoms with Crippen molar-refractivity contribution in [3.8, 4) is 0 Å². The van der Waals surface area contributed by atoms with Crippen molar-refractivity contribution < 1.29 is 0 Å². The molecule has 0 amide bonds. The van der Waals surface area contributed by atoms with Crippen molar-refractivity contribution >= 4 is 98.3 Å². The van der Waals surface area contributed by atoms with Gasteiger partial charge in [-0.05, 0) is 139 Å². The van der Waals surface area contributed by atoms with E-state index in [0.29, 0.717) is 0 Å². The van der Waals surface area contributed by atoms with Gasteiger partial charge in [-0.3, -0.25) is 0 Å². The topological polar surface area (TPSA) is 6.48 Å². The second kappa shape index (κ2) is 22.7. The zero-order chi connectivity index (χ0) is 57.8. The van der Waals surface area contributed by atoms with Gasteiger partial charge in [0.2, 0.25) is 0 Å². The van der Waals surface area contributed by atoms with Crippen LogP contribution in [0.1, 0.15) is 198 Å². The van der Waals surface area contributed by atoms with Gasteiger partial charge < -0.3 is 9.80 Å². The van der Waals surface area contributed by atoms with Crippen molar-refractivity contribution in [1.82, 2.24) is 0 Å². The fourth-order valence-corrected chi connectivity index (χ4v) is 18.1. The molecule has 0 atom stereocenters. The van der Waals surface area contributed by atoms with Gasteiger partial charge in [0.05, 0.1) is 38.5 Å². The maximum Gasteiger partial charge on any atom is 0.0703 e. The van der Waals surface area contributed by atoms with Crippen molar-refractivity contribution in [3.63, 3.8) is 0 Å². The number of aryl methyl sites for hydroxylation is 1. The molecule has 0 radical (unpaired) electrons. The number of hydrogen-bond acceptors (Lipinski definition) is 2. The van der Waals surface area contributed by atoms with E-state index in [1.807, 2.05) is 0 Å². The van der Waals surface area contributed by atoms with E-state index in [1.54, 1.807) is 10.4 Å². The molecule has 0 aliphatic rings. The molecule has 0 aliphatic carbocycles. The highest BCUT2D eigenvalue weighted by atomic mass is 28.3. The lowest BCUT2D eigenvalue weighted by molar-refractivity contribution is 0.568. The van der Waals surface area contributed by atoms with Gasteiger partial charge in [0.1, 0.15) is 0 Å². The minimum absolute atomic E-state index is 0.0696. The van der Waals surface area contributed by atoms with E-state index in [-0.39, 0.29) is 32.5 Å². The van der Waals surface area contributed by atoms with E-state index >= 15 is 0 Å². The summed E-state index contributed by atoms with van der Waals surface area (Å²) in [5.74, 6) is 0. The summed E-state index contributed by atoms with van der Waals surface area (Å²) < 4.78 is 0. The molecule has 418 valence electrons. The first-order chi connectivity index (χ1) is 36.1. The molecular formula is C73H104N2Si3. The van der Waals surface area contributed by atoms with Crippen LogP contribution in [0.3, 0.4) is 0 Å². The summed E-state index contributed by atoms with van der Waals surface area (Å²) in [7, 11) is -3.04. The Labute approximate surface area is 482 Å². The molecule has 2 nitrogen and oxygen atoms in total. The Kier molecular flexibility index (Phi) is 17.7. The van der Waals surface area contributed by atoms with Gasteiger partial charge in [0.25, 0.3) is 0 Å². The molecule has 0 saturated carbocycles. The van der Waals surface area contributed by atoms with Crippen LogP contribution >= 0.6 is 0 Å². The Balaban J connectivity index is 1.85. The smallest absolute Gasteiger partial charge is 0.0703 e. The molecule has 7 aromatic rings. The van der Waals surface area contributed by atoms with Crippen LogP contribution in [-0.2, 0) is 32.5 Å². The molecule has 0 fully saturated rings. The van der Waals surface area contributed by atoms with Crippen molar-refractivity contribution in [1.29, 1.82) is 0 Å². The number of rotatable bonds is 14. The lowest BCUT2D eigenvalue weighted by Gasteiger charge is -2.37. The monoisotopic (exact) mass is 1090 g/mol. The van der Waals surface area contributed by atoms with Crippen LogP contribution in [0.4, 0.5) is 34.1 Å². The summed E-state index contributed by atoms with van der Waals surface area (Å²) in [5, 5.41) is 9.91. The Morgan fingerprint density at radius 2 is 0.654 bits per heavy atom. The zero-order valence-corrected chi connectivity index (χ0v) is 57.4. The van der Waals surface area contributed by atoms with E-state index in [0.717, 1.165) is 0 Å². The highest BCUT2D eigenvalue weighted by Crippen LogP contribution is 2.54. The van der Waals surface area contributed by atoms with Crippen molar-refractivity contribution in [2.24, 2.45) is 0 Å². The third-order valence-corrected chi connectivity index (χ3v) is 25.1. The fourth-order valence-electron chi connectivity index (χ4n) is 11.8. The van der Waals surface area contributed by atoms with Gasteiger partial charge in [-0.1, -0.05) is 254 Å². The van der Waals surface area contributed by atoms with Crippen LogP contribution in [0.5, 0.6) is 0 Å². The number of hydrogen-bond donors (Lipinski definition) is 0. The highest BCUT2D eigenvalue weighted by Gasteiger charge is 2.33. The summed E-state index contributed by atoms with van der Waals surface area (Å²) in [6.07, 6.45) is 0. The van der Waals surface area contributed by atoms with Gasteiger partial charge >= 0.3 is 0 Å². The normalized spacial score (nSPS) is 13.3. The molecule has 0 saturated heterocycles. The molecule has 78 heavy (non-hydrogen) atoms.